The van der Waals surface area contributed by atoms with Crippen molar-refractivity contribution < 1.29 is 4.79 Å². The first kappa shape index (κ1) is 24.0. The van der Waals surface area contributed by atoms with E-state index in [0.29, 0.717) is 0 Å². The molecule has 0 unspecified atom stereocenters. The number of ketones is 1. The van der Waals surface area contributed by atoms with Gasteiger partial charge < -0.3 is 17.2 Å². The quantitative estimate of drug-likeness (QED) is 0.590. The molecule has 4 rings (SSSR count). The predicted molar refractivity (Wildman–Crippen MR) is 125 cm³/mol. The fourth-order valence-electron chi connectivity index (χ4n) is 3.11. The molecular formula is C25H31N3O. The summed E-state index contributed by atoms with van der Waals surface area (Å²) in [5.41, 5.74) is 16.1. The zero-order chi connectivity index (χ0) is 21.6. The van der Waals surface area contributed by atoms with E-state index in [1.54, 1.807) is 0 Å². The average Bonchev–Trinajstić information content (AvgIpc) is 3.37. The molecule has 0 heterocycles. The molecule has 0 bridgehead atoms. The molecule has 152 valence electrons. The number of carbonyl (C=O) groups excluding carboxylic acids is 1. The molecule has 1 aliphatic carbocycles. The lowest BCUT2D eigenvalue weighted by Gasteiger charge is -2.14. The number of benzene rings is 3. The van der Waals surface area contributed by atoms with E-state index < -0.39 is 0 Å². The molecule has 29 heavy (non-hydrogen) atoms. The lowest BCUT2D eigenvalue weighted by molar-refractivity contribution is 0.103. The minimum Gasteiger partial charge on any atom is -0.333 e. The second-order valence-electron chi connectivity index (χ2n) is 5.78. The van der Waals surface area contributed by atoms with Gasteiger partial charge >= 0.3 is 0 Å². The van der Waals surface area contributed by atoms with E-state index in [1.165, 1.54) is 26.5 Å². The monoisotopic (exact) mass is 389 g/mol. The molecule has 4 nitrogen and oxygen atoms in total. The van der Waals surface area contributed by atoms with Crippen molar-refractivity contribution in [2.45, 2.75) is 5.92 Å². The smallest absolute Gasteiger partial charge is 0.193 e. The first-order valence-corrected chi connectivity index (χ1v) is 9.53. The molecule has 0 spiro atoms. The zero-order valence-corrected chi connectivity index (χ0v) is 17.4. The summed E-state index contributed by atoms with van der Waals surface area (Å²) in [4.78, 5) is 13.0. The van der Waals surface area contributed by atoms with Crippen LogP contribution in [0.3, 0.4) is 0 Å². The highest BCUT2D eigenvalue weighted by molar-refractivity contribution is 6.12. The Bertz CT molecular complexity index is 935. The van der Waals surface area contributed by atoms with Crippen LogP contribution in [-0.2, 0) is 0 Å². The number of rotatable bonds is 3. The average molecular weight is 390 g/mol. The third-order valence-electron chi connectivity index (χ3n) is 4.31. The van der Waals surface area contributed by atoms with Crippen LogP contribution in [0.1, 0.15) is 27.4 Å². The van der Waals surface area contributed by atoms with E-state index in [9.17, 15) is 4.79 Å². The molecule has 0 fully saturated rings. The van der Waals surface area contributed by atoms with Crippen LogP contribution in [0, 0.1) is 0 Å². The fourth-order valence-corrected chi connectivity index (χ4v) is 3.11. The summed E-state index contributed by atoms with van der Waals surface area (Å²) in [5, 5.41) is 2.27. The molecule has 3 aromatic carbocycles. The van der Waals surface area contributed by atoms with Crippen LogP contribution in [0.25, 0.3) is 10.8 Å². The minimum absolute atomic E-state index is 0.0834. The van der Waals surface area contributed by atoms with E-state index in [0.717, 1.165) is 22.1 Å². The van der Waals surface area contributed by atoms with Crippen molar-refractivity contribution in [3.8, 4) is 0 Å². The number of fused-ring (bicyclic) bond motifs is 1. The van der Waals surface area contributed by atoms with Crippen molar-refractivity contribution in [2.24, 2.45) is 17.2 Å². The Hall–Kier alpha value is -3.05. The van der Waals surface area contributed by atoms with Crippen molar-refractivity contribution >= 4 is 16.6 Å². The van der Waals surface area contributed by atoms with E-state index in [4.69, 9.17) is 0 Å². The highest BCUT2D eigenvalue weighted by atomic mass is 16.1. The van der Waals surface area contributed by atoms with Crippen molar-refractivity contribution in [3.63, 3.8) is 0 Å². The van der Waals surface area contributed by atoms with Crippen LogP contribution < -0.4 is 17.2 Å². The summed E-state index contributed by atoms with van der Waals surface area (Å²) in [5.74, 6) is 0.252. The Labute approximate surface area is 173 Å². The maximum atomic E-state index is 13.0. The van der Waals surface area contributed by atoms with Crippen molar-refractivity contribution in [1.82, 2.24) is 0 Å². The first-order chi connectivity index (χ1) is 14.3. The summed E-state index contributed by atoms with van der Waals surface area (Å²) in [6, 6.07) is 21.9. The van der Waals surface area contributed by atoms with Gasteiger partial charge in [-0.2, -0.15) is 0 Å². The molecule has 6 N–H and O–H groups in total. The van der Waals surface area contributed by atoms with Crippen molar-refractivity contribution in [2.75, 3.05) is 21.1 Å². The molecule has 0 radical (unpaired) electrons. The first-order valence-electron chi connectivity index (χ1n) is 9.53. The van der Waals surface area contributed by atoms with Gasteiger partial charge in [0.1, 0.15) is 0 Å². The van der Waals surface area contributed by atoms with Gasteiger partial charge in [0.05, 0.1) is 0 Å². The largest absolute Gasteiger partial charge is 0.333 e. The molecule has 4 heteroatoms. The minimum atomic E-state index is 0.0834. The molecule has 0 atom stereocenters. The van der Waals surface area contributed by atoms with Gasteiger partial charge in [0.15, 0.2) is 5.78 Å². The zero-order valence-electron chi connectivity index (χ0n) is 17.4. The Morgan fingerprint density at radius 2 is 1.17 bits per heavy atom. The van der Waals surface area contributed by atoms with Gasteiger partial charge in [-0.1, -0.05) is 78.9 Å². The van der Waals surface area contributed by atoms with Crippen LogP contribution in [0.4, 0.5) is 0 Å². The molecule has 0 saturated heterocycles. The van der Waals surface area contributed by atoms with E-state index >= 15 is 0 Å². The van der Waals surface area contributed by atoms with Gasteiger partial charge in [0.25, 0.3) is 0 Å². The van der Waals surface area contributed by atoms with Gasteiger partial charge in [-0.05, 0) is 49.6 Å². The number of hydrogen-bond acceptors (Lipinski definition) is 4. The lowest BCUT2D eigenvalue weighted by Crippen LogP contribution is -2.07. The van der Waals surface area contributed by atoms with E-state index in [1.807, 2.05) is 60.7 Å². The normalized spacial score (nSPS) is 11.5. The maximum absolute atomic E-state index is 13.0. The van der Waals surface area contributed by atoms with Crippen LogP contribution in [-0.4, -0.2) is 26.9 Å². The topological polar surface area (TPSA) is 95.1 Å². The van der Waals surface area contributed by atoms with E-state index in [-0.39, 0.29) is 11.7 Å². The van der Waals surface area contributed by atoms with Gasteiger partial charge in [0.2, 0.25) is 0 Å². The Kier molecular flexibility index (Phi) is 10.9. The summed E-state index contributed by atoms with van der Waals surface area (Å²) in [6.07, 6.45) is 8.34. The van der Waals surface area contributed by atoms with Gasteiger partial charge in [-0.3, -0.25) is 4.79 Å². The van der Waals surface area contributed by atoms with E-state index in [2.05, 4.69) is 47.6 Å². The second-order valence-corrected chi connectivity index (χ2v) is 5.78. The van der Waals surface area contributed by atoms with Gasteiger partial charge in [-0.25, -0.2) is 0 Å². The van der Waals surface area contributed by atoms with Crippen molar-refractivity contribution in [1.29, 1.82) is 0 Å². The standard InChI is InChI=1S/C22H16O.3CH5N/c23-22(17-10-2-1-3-11-17)21-15-19-13-7-6-12-18(19)14-20(21)16-8-4-5-9-16;3*1-2/h1-16H;3*2H2,1H3. The Morgan fingerprint density at radius 3 is 1.72 bits per heavy atom. The van der Waals surface area contributed by atoms with Gasteiger partial charge in [-0.15, -0.1) is 0 Å². The fraction of sp³-hybridized carbons (Fsp3) is 0.160. The third kappa shape index (κ3) is 5.96. The summed E-state index contributed by atoms with van der Waals surface area (Å²) in [6.45, 7) is 0. The molecular weight excluding hydrogens is 358 g/mol. The van der Waals surface area contributed by atoms with Crippen LogP contribution in [0.5, 0.6) is 0 Å². The van der Waals surface area contributed by atoms with Crippen molar-refractivity contribution in [3.05, 3.63) is 108 Å². The Balaban J connectivity index is 0.000000644. The highest BCUT2D eigenvalue weighted by Crippen LogP contribution is 2.31. The number of carbonyl (C=O) groups is 1. The number of allylic oxidation sites excluding steroid dienone is 4. The van der Waals surface area contributed by atoms with Gasteiger partial charge in [0, 0.05) is 17.0 Å². The predicted octanol–water partition coefficient (Wildman–Crippen LogP) is 4.01. The molecule has 0 aliphatic heterocycles. The molecule has 1 aliphatic rings. The maximum Gasteiger partial charge on any atom is 0.193 e. The molecule has 0 saturated carbocycles. The number of hydrogen-bond donors (Lipinski definition) is 3. The summed E-state index contributed by atoms with van der Waals surface area (Å²) in [7, 11) is 4.50. The lowest BCUT2D eigenvalue weighted by atomic mass is 9.88. The Morgan fingerprint density at radius 1 is 0.690 bits per heavy atom. The highest BCUT2D eigenvalue weighted by Gasteiger charge is 2.19. The van der Waals surface area contributed by atoms with Crippen LogP contribution >= 0.6 is 0 Å². The van der Waals surface area contributed by atoms with Crippen LogP contribution in [0.2, 0.25) is 0 Å². The SMILES string of the molecule is CN.CN.CN.O=C(c1ccccc1)c1cc2ccccc2cc1C1C=CC=C1. The summed E-state index contributed by atoms with van der Waals surface area (Å²) >= 11 is 0. The third-order valence-corrected chi connectivity index (χ3v) is 4.31. The molecule has 0 aromatic heterocycles. The number of nitrogens with two attached hydrogens (primary N) is 3. The second kappa shape index (κ2) is 13.2. The summed E-state index contributed by atoms with van der Waals surface area (Å²) < 4.78 is 0. The van der Waals surface area contributed by atoms with Crippen LogP contribution in [0.15, 0.2) is 91.0 Å². The molecule has 3 aromatic rings. The molecule has 0 amide bonds.